The molecule has 0 unspecified atom stereocenters. The number of hydrogen-bond acceptors (Lipinski definition) is 2. The summed E-state index contributed by atoms with van der Waals surface area (Å²) in [4.78, 5) is 11.1. The minimum atomic E-state index is -0.486. The smallest absolute Gasteiger partial charge is 0.235 e. The highest BCUT2D eigenvalue weighted by Crippen LogP contribution is 2.64. The van der Waals surface area contributed by atoms with Crippen molar-refractivity contribution in [1.29, 1.82) is 0 Å². The van der Waals surface area contributed by atoms with Gasteiger partial charge in [-0.15, -0.1) is 5.73 Å². The average molecular weight is 800 g/mol. The van der Waals surface area contributed by atoms with Gasteiger partial charge in [-0.1, -0.05) is 200 Å². The van der Waals surface area contributed by atoms with Crippen LogP contribution < -0.4 is 0 Å². The first-order valence-electron chi connectivity index (χ1n) is 21.6. The van der Waals surface area contributed by atoms with Crippen molar-refractivity contribution in [2.24, 2.45) is 0 Å². The zero-order valence-electron chi connectivity index (χ0n) is 34.2. The molecule has 0 amide bonds. The van der Waals surface area contributed by atoms with Gasteiger partial charge in [0.1, 0.15) is 0 Å². The monoisotopic (exact) mass is 799 g/mol. The summed E-state index contributed by atoms with van der Waals surface area (Å²) in [5.74, 6) is 0.618. The fourth-order valence-electron chi connectivity index (χ4n) is 10.6. The van der Waals surface area contributed by atoms with Gasteiger partial charge in [-0.05, 0) is 85.5 Å². The van der Waals surface area contributed by atoms with Gasteiger partial charge in [0.15, 0.2) is 0 Å². The molecule has 3 aliphatic rings. The molecule has 0 N–H and O–H groups in total. The second kappa shape index (κ2) is 13.8. The zero-order valence-corrected chi connectivity index (χ0v) is 34.2. The fourth-order valence-corrected chi connectivity index (χ4v) is 10.6. The third kappa shape index (κ3) is 5.21. The predicted octanol–water partition coefficient (Wildman–Crippen LogP) is 14.6. The van der Waals surface area contributed by atoms with Gasteiger partial charge in [0, 0.05) is 27.6 Å². The molecule has 0 bridgehead atoms. The second-order valence-corrected chi connectivity index (χ2v) is 16.6. The lowest BCUT2D eigenvalue weighted by atomic mass is 9.70. The van der Waals surface area contributed by atoms with Crippen molar-refractivity contribution in [3.05, 3.63) is 252 Å². The van der Waals surface area contributed by atoms with Crippen molar-refractivity contribution < 1.29 is 0 Å². The van der Waals surface area contributed by atoms with Crippen LogP contribution in [0.2, 0.25) is 0 Å². The first-order chi connectivity index (χ1) is 31.3. The largest absolute Gasteiger partial charge is 0.277 e. The van der Waals surface area contributed by atoms with E-state index in [9.17, 15) is 0 Å². The van der Waals surface area contributed by atoms with Gasteiger partial charge in [-0.3, -0.25) is 4.57 Å². The Hall–Kier alpha value is -8.36. The van der Waals surface area contributed by atoms with E-state index in [4.69, 9.17) is 9.97 Å². The molecular weight excluding hydrogens is 763 g/mol. The minimum absolute atomic E-state index is 0.486. The fraction of sp³-hybridized carbons (Fsp3) is 0.0167. The molecule has 2 aromatic heterocycles. The number of rotatable bonds is 5. The van der Waals surface area contributed by atoms with E-state index in [0.29, 0.717) is 5.95 Å². The number of benzene rings is 8. The maximum absolute atomic E-state index is 5.54. The lowest BCUT2D eigenvalue weighted by Crippen LogP contribution is -2.25. The van der Waals surface area contributed by atoms with Crippen LogP contribution in [0.25, 0.3) is 96.0 Å². The molecule has 0 saturated carbocycles. The summed E-state index contributed by atoms with van der Waals surface area (Å²) in [7, 11) is 0. The van der Waals surface area contributed by atoms with E-state index < -0.39 is 5.41 Å². The summed E-state index contributed by atoms with van der Waals surface area (Å²) in [6, 6.07) is 72.4. The number of fused-ring (bicyclic) bond motifs is 14. The molecule has 0 radical (unpaired) electrons. The Labute approximate surface area is 366 Å². The molecule has 0 atom stereocenters. The number of hydrogen-bond donors (Lipinski definition) is 0. The van der Waals surface area contributed by atoms with E-state index in [1.807, 2.05) is 6.08 Å². The van der Waals surface area contributed by atoms with Gasteiger partial charge < -0.3 is 0 Å². The Morgan fingerprint density at radius 1 is 0.429 bits per heavy atom. The van der Waals surface area contributed by atoms with E-state index in [1.165, 1.54) is 55.6 Å². The molecule has 2 heterocycles. The topological polar surface area (TPSA) is 30.7 Å². The van der Waals surface area contributed by atoms with Gasteiger partial charge >= 0.3 is 0 Å². The zero-order chi connectivity index (χ0) is 41.5. The van der Waals surface area contributed by atoms with E-state index >= 15 is 0 Å². The van der Waals surface area contributed by atoms with E-state index in [-0.39, 0.29) is 0 Å². The van der Waals surface area contributed by atoms with Crippen LogP contribution in [0.4, 0.5) is 0 Å². The molecule has 63 heavy (non-hydrogen) atoms. The molecule has 10 aromatic rings. The van der Waals surface area contributed by atoms with Gasteiger partial charge in [0.25, 0.3) is 0 Å². The maximum atomic E-state index is 5.54. The molecule has 0 aliphatic heterocycles. The van der Waals surface area contributed by atoms with Crippen LogP contribution >= 0.6 is 0 Å². The number of allylic oxidation sites excluding steroid dienone is 2. The molecule has 13 rings (SSSR count). The SMILES string of the molecule is C1=CC=Cc2c(c3ccc4c(c3n2-c2nc(-c3ccc(-c5ccccc5)cc3)cc(-c3ccc(-c5ccccc5)cc3)n2)-c2ccccc2C42c3ccccc3-c3ccccc32)C=1. The second-order valence-electron chi connectivity index (χ2n) is 16.6. The lowest BCUT2D eigenvalue weighted by molar-refractivity contribution is 0.794. The molecular formula is C60H37N3. The maximum Gasteiger partial charge on any atom is 0.235 e. The van der Waals surface area contributed by atoms with Crippen LogP contribution in [-0.4, -0.2) is 14.5 Å². The van der Waals surface area contributed by atoms with Crippen LogP contribution in [0.1, 0.15) is 33.5 Å². The molecule has 0 fully saturated rings. The van der Waals surface area contributed by atoms with Crippen LogP contribution in [0.15, 0.2) is 218 Å². The molecule has 0 saturated heterocycles. The quantitative estimate of drug-likeness (QED) is 0.162. The molecule has 3 heteroatoms. The highest BCUT2D eigenvalue weighted by molar-refractivity contribution is 6.09. The Morgan fingerprint density at radius 3 is 1.48 bits per heavy atom. The minimum Gasteiger partial charge on any atom is -0.277 e. The van der Waals surface area contributed by atoms with Crippen molar-refractivity contribution in [2.45, 2.75) is 5.41 Å². The predicted molar refractivity (Wildman–Crippen MR) is 258 cm³/mol. The summed E-state index contributed by atoms with van der Waals surface area (Å²) >= 11 is 0. The number of nitrogens with zero attached hydrogens (tertiary/aromatic N) is 3. The van der Waals surface area contributed by atoms with Crippen molar-refractivity contribution in [3.8, 4) is 73.0 Å². The molecule has 8 aromatic carbocycles. The highest BCUT2D eigenvalue weighted by atomic mass is 15.2. The van der Waals surface area contributed by atoms with Gasteiger partial charge in [-0.25, -0.2) is 9.97 Å². The van der Waals surface area contributed by atoms with Crippen molar-refractivity contribution >= 4 is 23.1 Å². The Balaban J connectivity index is 1.10. The summed E-state index contributed by atoms with van der Waals surface area (Å²) in [6.45, 7) is 0. The average Bonchev–Trinajstić information content (AvgIpc) is 3.87. The first-order valence-corrected chi connectivity index (χ1v) is 21.6. The summed E-state index contributed by atoms with van der Waals surface area (Å²) in [6.07, 6.45) is 8.36. The van der Waals surface area contributed by atoms with Gasteiger partial charge in [0.05, 0.1) is 28.0 Å². The first kappa shape index (κ1) is 35.4. The van der Waals surface area contributed by atoms with E-state index in [0.717, 1.165) is 55.8 Å². The van der Waals surface area contributed by atoms with Crippen LogP contribution in [0, 0.1) is 0 Å². The summed E-state index contributed by atoms with van der Waals surface area (Å²) in [5, 5.41) is 1.14. The summed E-state index contributed by atoms with van der Waals surface area (Å²) < 4.78 is 2.32. The molecule has 3 nitrogen and oxygen atoms in total. The normalized spacial score (nSPS) is 13.4. The van der Waals surface area contributed by atoms with Crippen molar-refractivity contribution in [3.63, 3.8) is 0 Å². The van der Waals surface area contributed by atoms with E-state index in [1.54, 1.807) is 0 Å². The standard InChI is InChI=1S/C60H37N3/c1-4-16-39(17-5-1)41-28-32-43(33-29-41)54-38-55(44-34-30-42(31-35-44)40-18-6-2-7-19-40)62-59(61-54)63-56-27-9-3-8-22-47(56)48-36-37-53-57(58(48)63)49-23-12-15-26-52(49)60(53)50-24-13-10-20-45(50)46-21-11-14-25-51(46)60/h1-7,9-38H. The summed E-state index contributed by atoms with van der Waals surface area (Å²) in [5.41, 5.74) is 24.8. The third-order valence-electron chi connectivity index (χ3n) is 13.3. The van der Waals surface area contributed by atoms with Crippen molar-refractivity contribution in [2.75, 3.05) is 0 Å². The molecule has 1 spiro atoms. The third-order valence-corrected chi connectivity index (χ3v) is 13.3. The highest BCUT2D eigenvalue weighted by Gasteiger charge is 2.52. The van der Waals surface area contributed by atoms with Crippen LogP contribution in [-0.2, 0) is 5.41 Å². The van der Waals surface area contributed by atoms with Crippen molar-refractivity contribution in [1.82, 2.24) is 14.5 Å². The van der Waals surface area contributed by atoms with E-state index in [2.05, 4.69) is 229 Å². The molecule has 3 aliphatic carbocycles. The Bertz CT molecular complexity index is 3420. The van der Waals surface area contributed by atoms with Gasteiger partial charge in [-0.2, -0.15) is 0 Å². The van der Waals surface area contributed by atoms with Gasteiger partial charge in [0.2, 0.25) is 5.95 Å². The van der Waals surface area contributed by atoms with Crippen LogP contribution in [0.5, 0.6) is 0 Å². The number of aromatic nitrogens is 3. The Morgan fingerprint density at radius 2 is 0.905 bits per heavy atom. The van der Waals surface area contributed by atoms with Crippen LogP contribution in [0.3, 0.4) is 0 Å². The Kier molecular flexibility index (Phi) is 7.78. The lowest BCUT2D eigenvalue weighted by Gasteiger charge is -2.30. The molecule has 292 valence electrons.